The Hall–Kier alpha value is -2.05. The molecule has 0 spiro atoms. The van der Waals surface area contributed by atoms with Gasteiger partial charge in [0.2, 0.25) is 10.0 Å². The van der Waals surface area contributed by atoms with Crippen LogP contribution in [-0.2, 0) is 10.0 Å². The minimum absolute atomic E-state index is 0.157. The summed E-state index contributed by atoms with van der Waals surface area (Å²) in [6.07, 6.45) is 0.661. The number of rotatable bonds is 6. The van der Waals surface area contributed by atoms with Crippen molar-refractivity contribution in [3.05, 3.63) is 54.1 Å². The predicted octanol–water partition coefficient (Wildman–Crippen LogP) is 3.32. The smallest absolute Gasteiger partial charge is 0.240 e. The third kappa shape index (κ3) is 4.14. The van der Waals surface area contributed by atoms with Gasteiger partial charge in [0.1, 0.15) is 12.7 Å². The van der Waals surface area contributed by atoms with Crippen LogP contribution in [-0.4, -0.2) is 27.7 Å². The molecule has 2 atom stereocenters. The van der Waals surface area contributed by atoms with E-state index in [9.17, 15) is 8.42 Å². The standard InChI is InChI=1S/C19H23NO4S/c1-3-14(2)15-8-10-17(11-9-15)25(21,22)20-12-16-13-23-18-6-4-5-7-19(18)24-16/h4-11,14,16,20H,3,12-13H2,1-2H3. The third-order valence-electron chi connectivity index (χ3n) is 4.44. The maximum absolute atomic E-state index is 12.5. The number of ether oxygens (including phenoxy) is 2. The van der Waals surface area contributed by atoms with Crippen LogP contribution in [0.25, 0.3) is 0 Å². The molecule has 0 aliphatic carbocycles. The van der Waals surface area contributed by atoms with Crippen LogP contribution in [0, 0.1) is 0 Å². The Morgan fingerprint density at radius 2 is 1.80 bits per heavy atom. The lowest BCUT2D eigenvalue weighted by Crippen LogP contribution is -2.40. The predicted molar refractivity (Wildman–Crippen MR) is 96.7 cm³/mol. The van der Waals surface area contributed by atoms with Crippen molar-refractivity contribution in [2.75, 3.05) is 13.2 Å². The van der Waals surface area contributed by atoms with Crippen molar-refractivity contribution in [2.24, 2.45) is 0 Å². The van der Waals surface area contributed by atoms with E-state index in [0.29, 0.717) is 24.0 Å². The van der Waals surface area contributed by atoms with Gasteiger partial charge in [0.05, 0.1) is 11.4 Å². The molecule has 6 heteroatoms. The molecule has 0 fully saturated rings. The lowest BCUT2D eigenvalue weighted by molar-refractivity contribution is 0.0943. The van der Waals surface area contributed by atoms with Crippen LogP contribution in [0.4, 0.5) is 0 Å². The highest BCUT2D eigenvalue weighted by Gasteiger charge is 2.23. The fourth-order valence-corrected chi connectivity index (χ4v) is 3.73. The van der Waals surface area contributed by atoms with Crippen molar-refractivity contribution >= 4 is 10.0 Å². The Labute approximate surface area is 149 Å². The molecule has 2 unspecified atom stereocenters. The van der Waals surface area contributed by atoms with E-state index in [-0.39, 0.29) is 17.5 Å². The summed E-state index contributed by atoms with van der Waals surface area (Å²) in [5.74, 6) is 1.73. The minimum atomic E-state index is -3.57. The lowest BCUT2D eigenvalue weighted by Gasteiger charge is -2.26. The lowest BCUT2D eigenvalue weighted by atomic mass is 9.99. The van der Waals surface area contributed by atoms with Crippen LogP contribution in [0.2, 0.25) is 0 Å². The number of sulfonamides is 1. The number of fused-ring (bicyclic) bond motifs is 1. The van der Waals surface area contributed by atoms with Crippen LogP contribution in [0.1, 0.15) is 31.7 Å². The number of nitrogens with one attached hydrogen (secondary N) is 1. The van der Waals surface area contributed by atoms with Gasteiger partial charge < -0.3 is 9.47 Å². The van der Waals surface area contributed by atoms with Gasteiger partial charge >= 0.3 is 0 Å². The summed E-state index contributed by atoms with van der Waals surface area (Å²) in [7, 11) is -3.57. The molecular formula is C19H23NO4S. The van der Waals surface area contributed by atoms with Crippen LogP contribution < -0.4 is 14.2 Å². The minimum Gasteiger partial charge on any atom is -0.486 e. The zero-order valence-corrected chi connectivity index (χ0v) is 15.3. The van der Waals surface area contributed by atoms with E-state index in [1.54, 1.807) is 12.1 Å². The largest absolute Gasteiger partial charge is 0.486 e. The second-order valence-corrected chi connectivity index (χ2v) is 7.99. The molecule has 1 aliphatic rings. The van der Waals surface area contributed by atoms with Gasteiger partial charge in [-0.2, -0.15) is 0 Å². The summed E-state index contributed by atoms with van der Waals surface area (Å²) in [6.45, 7) is 4.71. The summed E-state index contributed by atoms with van der Waals surface area (Å²) < 4.78 is 38.9. The Morgan fingerprint density at radius 3 is 2.48 bits per heavy atom. The molecule has 1 N–H and O–H groups in total. The average molecular weight is 361 g/mol. The molecule has 0 saturated heterocycles. The van der Waals surface area contributed by atoms with Gasteiger partial charge in [-0.05, 0) is 42.2 Å². The molecule has 0 amide bonds. The molecule has 25 heavy (non-hydrogen) atoms. The van der Waals surface area contributed by atoms with E-state index < -0.39 is 10.0 Å². The van der Waals surface area contributed by atoms with Gasteiger partial charge in [0, 0.05) is 0 Å². The first-order chi connectivity index (χ1) is 12.0. The van der Waals surface area contributed by atoms with Crippen LogP contribution in [0.5, 0.6) is 11.5 Å². The Balaban J connectivity index is 1.62. The maximum Gasteiger partial charge on any atom is 0.240 e. The summed E-state index contributed by atoms with van der Waals surface area (Å²) >= 11 is 0. The molecule has 0 radical (unpaired) electrons. The first-order valence-corrected chi connectivity index (χ1v) is 9.96. The quantitative estimate of drug-likeness (QED) is 0.857. The number of hydrogen-bond acceptors (Lipinski definition) is 4. The maximum atomic E-state index is 12.5. The number of para-hydroxylation sites is 2. The van der Waals surface area contributed by atoms with Crippen LogP contribution >= 0.6 is 0 Å². The molecule has 134 valence electrons. The monoisotopic (exact) mass is 361 g/mol. The third-order valence-corrected chi connectivity index (χ3v) is 5.88. The average Bonchev–Trinajstić information content (AvgIpc) is 2.65. The van der Waals surface area contributed by atoms with Crippen molar-refractivity contribution in [3.8, 4) is 11.5 Å². The molecular weight excluding hydrogens is 338 g/mol. The van der Waals surface area contributed by atoms with Crippen molar-refractivity contribution in [2.45, 2.75) is 37.2 Å². The van der Waals surface area contributed by atoms with Gasteiger partial charge in [0.15, 0.2) is 11.5 Å². The Bertz CT molecular complexity index is 818. The van der Waals surface area contributed by atoms with E-state index in [0.717, 1.165) is 12.0 Å². The van der Waals surface area contributed by atoms with Crippen LogP contribution in [0.3, 0.4) is 0 Å². The highest BCUT2D eigenvalue weighted by molar-refractivity contribution is 7.89. The Morgan fingerprint density at radius 1 is 1.12 bits per heavy atom. The zero-order chi connectivity index (χ0) is 17.9. The van der Waals surface area contributed by atoms with E-state index in [1.807, 2.05) is 36.4 Å². The Kier molecular flexibility index (Phi) is 5.30. The van der Waals surface area contributed by atoms with E-state index >= 15 is 0 Å². The fourth-order valence-electron chi connectivity index (χ4n) is 2.66. The summed E-state index contributed by atoms with van der Waals surface area (Å²) in [5, 5.41) is 0. The van der Waals surface area contributed by atoms with Gasteiger partial charge in [0.25, 0.3) is 0 Å². The molecule has 0 bridgehead atoms. The highest BCUT2D eigenvalue weighted by Crippen LogP contribution is 2.30. The number of benzene rings is 2. The normalized spacial score (nSPS) is 17.9. The fraction of sp³-hybridized carbons (Fsp3) is 0.368. The second-order valence-electron chi connectivity index (χ2n) is 6.23. The van der Waals surface area contributed by atoms with Crippen molar-refractivity contribution < 1.29 is 17.9 Å². The molecule has 2 aromatic rings. The first-order valence-electron chi connectivity index (χ1n) is 8.47. The van der Waals surface area contributed by atoms with Gasteiger partial charge in [-0.3, -0.25) is 0 Å². The molecule has 1 heterocycles. The summed E-state index contributed by atoms with van der Waals surface area (Å²) in [4.78, 5) is 0.261. The van der Waals surface area contributed by atoms with Crippen molar-refractivity contribution in [1.82, 2.24) is 4.72 Å². The first kappa shape index (κ1) is 17.8. The van der Waals surface area contributed by atoms with Crippen molar-refractivity contribution in [1.29, 1.82) is 0 Å². The molecule has 3 rings (SSSR count). The molecule has 0 saturated carbocycles. The van der Waals surface area contributed by atoms with E-state index in [2.05, 4.69) is 18.6 Å². The molecule has 1 aliphatic heterocycles. The van der Waals surface area contributed by atoms with Gasteiger partial charge in [-0.1, -0.05) is 38.1 Å². The molecule has 2 aromatic carbocycles. The summed E-state index contributed by atoms with van der Waals surface area (Å²) in [5.41, 5.74) is 1.14. The SMILES string of the molecule is CCC(C)c1ccc(S(=O)(=O)NCC2COc3ccccc3O2)cc1. The summed E-state index contributed by atoms with van der Waals surface area (Å²) in [6, 6.07) is 14.4. The van der Waals surface area contributed by atoms with Crippen molar-refractivity contribution in [3.63, 3.8) is 0 Å². The topological polar surface area (TPSA) is 64.6 Å². The van der Waals surface area contributed by atoms with Gasteiger partial charge in [-0.15, -0.1) is 0 Å². The highest BCUT2D eigenvalue weighted by atomic mass is 32.2. The van der Waals surface area contributed by atoms with Crippen LogP contribution in [0.15, 0.2) is 53.4 Å². The number of hydrogen-bond donors (Lipinski definition) is 1. The molecule has 5 nitrogen and oxygen atoms in total. The zero-order valence-electron chi connectivity index (χ0n) is 14.4. The van der Waals surface area contributed by atoms with E-state index in [4.69, 9.17) is 9.47 Å². The molecule has 0 aromatic heterocycles. The van der Waals surface area contributed by atoms with Gasteiger partial charge in [-0.25, -0.2) is 13.1 Å². The van der Waals surface area contributed by atoms with E-state index in [1.165, 1.54) is 0 Å². The second kappa shape index (κ2) is 7.45.